The summed E-state index contributed by atoms with van der Waals surface area (Å²) < 4.78 is 20.4. The molecule has 5 rings (SSSR count). The van der Waals surface area contributed by atoms with Crippen LogP contribution in [0.3, 0.4) is 0 Å². The van der Waals surface area contributed by atoms with Crippen LogP contribution >= 0.6 is 0 Å². The molecule has 2 aliphatic heterocycles. The number of anilines is 1. The molecule has 3 aromatic rings. The van der Waals surface area contributed by atoms with E-state index >= 15 is 0 Å². The van der Waals surface area contributed by atoms with Gasteiger partial charge < -0.3 is 20.1 Å². The van der Waals surface area contributed by atoms with Gasteiger partial charge in [-0.3, -0.25) is 4.79 Å². The highest BCUT2D eigenvalue weighted by atomic mass is 19.1. The maximum absolute atomic E-state index is 13.9. The average Bonchev–Trinajstić information content (AvgIpc) is 3.02. The van der Waals surface area contributed by atoms with Gasteiger partial charge in [0.25, 0.3) is 5.56 Å². The van der Waals surface area contributed by atoms with Crippen LogP contribution in [-0.4, -0.2) is 20.6 Å². The molecular weight excluding hydrogens is 365 g/mol. The minimum absolute atomic E-state index is 0.0288. The lowest BCUT2D eigenvalue weighted by Crippen LogP contribution is -2.44. The highest BCUT2D eigenvalue weighted by Gasteiger charge is 2.45. The summed E-state index contributed by atoms with van der Waals surface area (Å²) in [4.78, 5) is 29.7. The van der Waals surface area contributed by atoms with Crippen LogP contribution in [-0.2, 0) is 28.3 Å². The second-order valence-corrected chi connectivity index (χ2v) is 7.17. The van der Waals surface area contributed by atoms with Gasteiger partial charge in [0.2, 0.25) is 0 Å². The number of nitrogen functional groups attached to an aromatic ring is 1. The molecule has 7 nitrogen and oxygen atoms in total. The molecule has 142 valence electrons. The minimum Gasteiger partial charge on any atom is -0.458 e. The van der Waals surface area contributed by atoms with Crippen LogP contribution in [0.2, 0.25) is 0 Å². The van der Waals surface area contributed by atoms with Gasteiger partial charge in [0.05, 0.1) is 34.7 Å². The van der Waals surface area contributed by atoms with Crippen LogP contribution in [0.1, 0.15) is 30.0 Å². The van der Waals surface area contributed by atoms with E-state index in [0.29, 0.717) is 22.3 Å². The van der Waals surface area contributed by atoms with Crippen molar-refractivity contribution >= 4 is 22.6 Å². The molecule has 0 saturated carbocycles. The fourth-order valence-corrected chi connectivity index (χ4v) is 4.02. The fourth-order valence-electron chi connectivity index (χ4n) is 4.02. The van der Waals surface area contributed by atoms with Gasteiger partial charge in [-0.2, -0.15) is 0 Å². The van der Waals surface area contributed by atoms with Gasteiger partial charge in [-0.05, 0) is 24.6 Å². The summed E-state index contributed by atoms with van der Waals surface area (Å²) in [6, 6.07) is 6.21. The molecule has 0 fully saturated rings. The number of hydrogen-bond donors (Lipinski definition) is 2. The summed E-state index contributed by atoms with van der Waals surface area (Å²) >= 11 is 0. The first kappa shape index (κ1) is 16.9. The Labute approximate surface area is 158 Å². The Morgan fingerprint density at radius 1 is 1.32 bits per heavy atom. The van der Waals surface area contributed by atoms with Crippen LogP contribution in [0, 0.1) is 5.82 Å². The van der Waals surface area contributed by atoms with Crippen molar-refractivity contribution in [1.82, 2.24) is 9.55 Å². The number of hydrogen-bond acceptors (Lipinski definition) is 6. The van der Waals surface area contributed by atoms with Crippen LogP contribution < -0.4 is 11.3 Å². The first-order chi connectivity index (χ1) is 13.3. The number of fused-ring (bicyclic) bond motifs is 5. The summed E-state index contributed by atoms with van der Waals surface area (Å²) in [7, 11) is 0. The van der Waals surface area contributed by atoms with Crippen molar-refractivity contribution in [1.29, 1.82) is 0 Å². The summed E-state index contributed by atoms with van der Waals surface area (Å²) in [5.41, 5.74) is 6.19. The number of pyridine rings is 2. The zero-order valence-electron chi connectivity index (χ0n) is 15.0. The number of benzene rings is 1. The summed E-state index contributed by atoms with van der Waals surface area (Å²) in [5, 5.41) is 11.5. The number of nitrogens with zero attached hydrogens (tertiary/aromatic N) is 2. The van der Waals surface area contributed by atoms with Crippen molar-refractivity contribution in [2.24, 2.45) is 0 Å². The lowest BCUT2D eigenvalue weighted by Gasteiger charge is -2.31. The third-order valence-electron chi connectivity index (χ3n) is 5.63. The average molecular weight is 381 g/mol. The molecule has 28 heavy (non-hydrogen) atoms. The number of cyclic esters (lactones) is 1. The van der Waals surface area contributed by atoms with E-state index in [9.17, 15) is 19.1 Å². The van der Waals surface area contributed by atoms with Gasteiger partial charge >= 0.3 is 5.97 Å². The van der Waals surface area contributed by atoms with E-state index in [0.717, 1.165) is 5.56 Å². The SMILES string of the molecule is CCC1(O)C(=O)OCc2c1cc1n(c2=O)Cc2cc3cc(N)c(F)cc3nc2-1. The normalized spacial score (nSPS) is 19.9. The van der Waals surface area contributed by atoms with Crippen molar-refractivity contribution < 1.29 is 19.0 Å². The monoisotopic (exact) mass is 381 g/mol. The number of aliphatic hydroxyl groups is 1. The second kappa shape index (κ2) is 5.39. The molecule has 4 heterocycles. The smallest absolute Gasteiger partial charge is 0.343 e. The van der Waals surface area contributed by atoms with Crippen LogP contribution in [0.5, 0.6) is 0 Å². The maximum Gasteiger partial charge on any atom is 0.343 e. The standard InChI is InChI=1S/C20H16FN3O4/c1-2-20(27)12-5-16-17-10(3-9-4-14(22)13(21)6-15(9)23-17)7-24(16)18(25)11(12)8-28-19(20)26/h3-6,27H,2,7-8,22H2,1H3. The maximum atomic E-state index is 13.9. The first-order valence-electron chi connectivity index (χ1n) is 8.89. The minimum atomic E-state index is -1.87. The third-order valence-corrected chi connectivity index (χ3v) is 5.63. The van der Waals surface area contributed by atoms with E-state index < -0.39 is 17.4 Å². The molecule has 0 radical (unpaired) electrons. The third kappa shape index (κ3) is 2.03. The predicted octanol–water partition coefficient (Wildman–Crippen LogP) is 1.80. The van der Waals surface area contributed by atoms with E-state index in [4.69, 9.17) is 10.5 Å². The zero-order chi connectivity index (χ0) is 19.8. The number of aromatic nitrogens is 2. The largest absolute Gasteiger partial charge is 0.458 e. The van der Waals surface area contributed by atoms with Gasteiger partial charge in [-0.1, -0.05) is 6.92 Å². The Kier molecular flexibility index (Phi) is 3.25. The van der Waals surface area contributed by atoms with Crippen LogP contribution in [0.4, 0.5) is 10.1 Å². The molecule has 1 aromatic carbocycles. The molecule has 2 aliphatic rings. The van der Waals surface area contributed by atoms with Gasteiger partial charge in [0, 0.05) is 22.6 Å². The molecule has 0 saturated heterocycles. The van der Waals surface area contributed by atoms with Gasteiger partial charge in [0.1, 0.15) is 12.4 Å². The molecule has 1 atom stereocenters. The summed E-state index contributed by atoms with van der Waals surface area (Å²) in [6.45, 7) is 1.76. The van der Waals surface area contributed by atoms with E-state index in [1.807, 2.05) is 6.07 Å². The lowest BCUT2D eigenvalue weighted by molar-refractivity contribution is -0.172. The van der Waals surface area contributed by atoms with Crippen molar-refractivity contribution in [3.63, 3.8) is 0 Å². The molecule has 1 unspecified atom stereocenters. The molecule has 0 amide bonds. The highest BCUT2D eigenvalue weighted by molar-refractivity contribution is 5.87. The quantitative estimate of drug-likeness (QED) is 0.385. The number of nitrogens with two attached hydrogens (primary N) is 1. The Bertz CT molecular complexity index is 1270. The number of rotatable bonds is 1. The Hall–Kier alpha value is -3.26. The predicted molar refractivity (Wildman–Crippen MR) is 98.9 cm³/mol. The molecule has 8 heteroatoms. The highest BCUT2D eigenvalue weighted by Crippen LogP contribution is 2.38. The number of esters is 1. The summed E-state index contributed by atoms with van der Waals surface area (Å²) in [5.74, 6) is -1.34. The molecule has 2 aromatic heterocycles. The van der Waals surface area contributed by atoms with E-state index in [2.05, 4.69) is 4.98 Å². The second-order valence-electron chi connectivity index (χ2n) is 7.17. The van der Waals surface area contributed by atoms with E-state index in [-0.39, 0.29) is 41.9 Å². The van der Waals surface area contributed by atoms with Crippen LogP contribution in [0.15, 0.2) is 29.1 Å². The van der Waals surface area contributed by atoms with Crippen LogP contribution in [0.25, 0.3) is 22.3 Å². The molecular formula is C20H16FN3O4. The van der Waals surface area contributed by atoms with E-state index in [1.165, 1.54) is 16.7 Å². The van der Waals surface area contributed by atoms with Crippen molar-refractivity contribution in [3.8, 4) is 11.4 Å². The van der Waals surface area contributed by atoms with Gasteiger partial charge in [0.15, 0.2) is 5.60 Å². The molecule has 0 spiro atoms. The molecule has 0 aliphatic carbocycles. The fraction of sp³-hybridized carbons (Fsp3) is 0.250. The Morgan fingerprint density at radius 3 is 2.86 bits per heavy atom. The number of halogens is 1. The van der Waals surface area contributed by atoms with Crippen molar-refractivity contribution in [2.45, 2.75) is 32.1 Å². The van der Waals surface area contributed by atoms with Gasteiger partial charge in [-0.15, -0.1) is 0 Å². The number of carbonyl (C=O) groups excluding carboxylic acids is 1. The summed E-state index contributed by atoms with van der Waals surface area (Å²) in [6.07, 6.45) is 0.0736. The molecule has 3 N–H and O–H groups in total. The topological polar surface area (TPSA) is 107 Å². The van der Waals surface area contributed by atoms with Crippen molar-refractivity contribution in [3.05, 3.63) is 57.1 Å². The zero-order valence-corrected chi connectivity index (χ0v) is 15.0. The Balaban J connectivity index is 1.80. The number of carbonyl (C=O) groups is 1. The lowest BCUT2D eigenvalue weighted by atomic mass is 9.86. The van der Waals surface area contributed by atoms with Gasteiger partial charge in [-0.25, -0.2) is 14.2 Å². The van der Waals surface area contributed by atoms with Crippen molar-refractivity contribution in [2.75, 3.05) is 5.73 Å². The number of ether oxygens (including phenoxy) is 1. The first-order valence-corrected chi connectivity index (χ1v) is 8.89. The Morgan fingerprint density at radius 2 is 2.11 bits per heavy atom. The van der Waals surface area contributed by atoms with E-state index in [1.54, 1.807) is 13.0 Å². The molecule has 0 bridgehead atoms.